The van der Waals surface area contributed by atoms with E-state index in [1.807, 2.05) is 0 Å². The van der Waals surface area contributed by atoms with Gasteiger partial charge in [-0.2, -0.15) is 5.26 Å². The molecule has 18 heavy (non-hydrogen) atoms. The zero-order valence-corrected chi connectivity index (χ0v) is 9.13. The molecule has 2 rings (SSSR count). The lowest BCUT2D eigenvalue weighted by atomic mass is 10.0. The largest absolute Gasteiger partial charge is 0.506 e. The van der Waals surface area contributed by atoms with E-state index >= 15 is 0 Å². The standard InChI is InChI=1S/C11H9FN2O4/c12-9-6(5-14-16)3-7(10(15)8(9)4-13)11-17-1-2-18-11/h3,5,11,15-16H,1-2H2/b14-5+. The first kappa shape index (κ1) is 12.3. The Morgan fingerprint density at radius 2 is 2.17 bits per heavy atom. The number of ether oxygens (including phenoxy) is 2. The van der Waals surface area contributed by atoms with E-state index in [4.69, 9.17) is 19.9 Å². The predicted octanol–water partition coefficient (Wildman–Crippen LogP) is 1.26. The Kier molecular flexibility index (Phi) is 3.41. The molecular weight excluding hydrogens is 243 g/mol. The number of oxime groups is 1. The topological polar surface area (TPSA) is 95.1 Å². The van der Waals surface area contributed by atoms with Crippen molar-refractivity contribution in [1.82, 2.24) is 0 Å². The number of nitrogens with zero attached hydrogens (tertiary/aromatic N) is 2. The molecule has 0 atom stereocenters. The van der Waals surface area contributed by atoms with Crippen LogP contribution in [0.5, 0.6) is 5.75 Å². The van der Waals surface area contributed by atoms with Crippen LogP contribution in [0.15, 0.2) is 11.2 Å². The number of benzene rings is 1. The maximum Gasteiger partial charge on any atom is 0.187 e. The summed E-state index contributed by atoms with van der Waals surface area (Å²) in [5.74, 6) is -1.49. The number of halogens is 1. The van der Waals surface area contributed by atoms with E-state index in [-0.39, 0.29) is 11.1 Å². The van der Waals surface area contributed by atoms with E-state index in [2.05, 4.69) is 5.16 Å². The summed E-state index contributed by atoms with van der Waals surface area (Å²) in [6.07, 6.45) is -0.0304. The lowest BCUT2D eigenvalue weighted by Gasteiger charge is -2.13. The number of hydrogen-bond donors (Lipinski definition) is 2. The first-order chi connectivity index (χ1) is 8.69. The second kappa shape index (κ2) is 5.00. The van der Waals surface area contributed by atoms with Crippen LogP contribution in [0.2, 0.25) is 0 Å². The van der Waals surface area contributed by atoms with Crippen LogP contribution in [-0.2, 0) is 9.47 Å². The highest BCUT2D eigenvalue weighted by Gasteiger charge is 2.26. The molecule has 94 valence electrons. The summed E-state index contributed by atoms with van der Waals surface area (Å²) in [5.41, 5.74) is -0.553. The molecule has 7 heteroatoms. The average molecular weight is 252 g/mol. The highest BCUT2D eigenvalue weighted by molar-refractivity contribution is 5.81. The van der Waals surface area contributed by atoms with Gasteiger partial charge in [0.25, 0.3) is 0 Å². The minimum atomic E-state index is -0.963. The molecule has 0 aliphatic carbocycles. The third-order valence-corrected chi connectivity index (χ3v) is 2.48. The van der Waals surface area contributed by atoms with Crippen LogP contribution < -0.4 is 0 Å². The summed E-state index contributed by atoms with van der Waals surface area (Å²) < 4.78 is 24.1. The van der Waals surface area contributed by atoms with Crippen LogP contribution in [0, 0.1) is 17.1 Å². The Labute approximate surface area is 101 Å². The summed E-state index contributed by atoms with van der Waals surface area (Å²) >= 11 is 0. The maximum atomic E-state index is 13.7. The van der Waals surface area contributed by atoms with Gasteiger partial charge in [-0.1, -0.05) is 5.16 Å². The number of aromatic hydroxyl groups is 1. The predicted molar refractivity (Wildman–Crippen MR) is 56.8 cm³/mol. The van der Waals surface area contributed by atoms with Crippen molar-refractivity contribution in [3.8, 4) is 11.8 Å². The fourth-order valence-corrected chi connectivity index (χ4v) is 1.67. The van der Waals surface area contributed by atoms with Gasteiger partial charge in [0.15, 0.2) is 12.1 Å². The molecule has 1 aliphatic rings. The van der Waals surface area contributed by atoms with Crippen LogP contribution in [0.1, 0.15) is 23.0 Å². The Morgan fingerprint density at radius 1 is 1.50 bits per heavy atom. The molecule has 0 spiro atoms. The van der Waals surface area contributed by atoms with Gasteiger partial charge in [0.1, 0.15) is 17.4 Å². The van der Waals surface area contributed by atoms with Crippen molar-refractivity contribution >= 4 is 6.21 Å². The van der Waals surface area contributed by atoms with Gasteiger partial charge in [-0.3, -0.25) is 0 Å². The number of rotatable bonds is 2. The summed E-state index contributed by atoms with van der Waals surface area (Å²) in [6, 6.07) is 2.76. The van der Waals surface area contributed by atoms with E-state index < -0.39 is 23.4 Å². The van der Waals surface area contributed by atoms with E-state index in [0.717, 1.165) is 6.21 Å². The third kappa shape index (κ3) is 1.99. The molecule has 6 nitrogen and oxygen atoms in total. The van der Waals surface area contributed by atoms with E-state index in [1.54, 1.807) is 6.07 Å². The molecule has 2 N–H and O–H groups in total. The van der Waals surface area contributed by atoms with Gasteiger partial charge >= 0.3 is 0 Å². The van der Waals surface area contributed by atoms with Gasteiger partial charge in [0.2, 0.25) is 0 Å². The molecule has 0 bridgehead atoms. The summed E-state index contributed by atoms with van der Waals surface area (Å²) in [5, 5.41) is 29.7. The van der Waals surface area contributed by atoms with Crippen LogP contribution in [-0.4, -0.2) is 29.7 Å². The Balaban J connectivity index is 2.59. The highest BCUT2D eigenvalue weighted by Crippen LogP contribution is 2.35. The van der Waals surface area contributed by atoms with Crippen LogP contribution in [0.25, 0.3) is 0 Å². The molecule has 0 aromatic heterocycles. The van der Waals surface area contributed by atoms with Gasteiger partial charge in [0.05, 0.1) is 25.0 Å². The van der Waals surface area contributed by atoms with Crippen LogP contribution in [0.4, 0.5) is 4.39 Å². The average Bonchev–Trinajstić information content (AvgIpc) is 2.87. The molecule has 1 saturated heterocycles. The van der Waals surface area contributed by atoms with E-state index in [9.17, 15) is 9.50 Å². The molecule has 1 aromatic carbocycles. The Hall–Kier alpha value is -2.17. The Morgan fingerprint density at radius 3 is 2.72 bits per heavy atom. The van der Waals surface area contributed by atoms with Crippen molar-refractivity contribution in [1.29, 1.82) is 5.26 Å². The monoisotopic (exact) mass is 252 g/mol. The molecule has 1 heterocycles. The number of phenols is 1. The van der Waals surface area contributed by atoms with E-state index in [0.29, 0.717) is 13.2 Å². The quantitative estimate of drug-likeness (QED) is 0.469. The zero-order valence-electron chi connectivity index (χ0n) is 9.13. The number of hydrogen-bond acceptors (Lipinski definition) is 6. The van der Waals surface area contributed by atoms with Crippen molar-refractivity contribution in [2.24, 2.45) is 5.16 Å². The molecule has 1 fully saturated rings. The minimum Gasteiger partial charge on any atom is -0.506 e. The molecular formula is C11H9FN2O4. The third-order valence-electron chi connectivity index (χ3n) is 2.48. The fourth-order valence-electron chi connectivity index (χ4n) is 1.67. The molecule has 0 unspecified atom stereocenters. The number of nitriles is 1. The van der Waals surface area contributed by atoms with Crippen molar-refractivity contribution in [2.45, 2.75) is 6.29 Å². The molecule has 1 aromatic rings. The van der Waals surface area contributed by atoms with Gasteiger partial charge in [-0.05, 0) is 6.07 Å². The minimum absolute atomic E-state index is 0.125. The smallest absolute Gasteiger partial charge is 0.187 e. The van der Waals surface area contributed by atoms with Gasteiger partial charge < -0.3 is 19.8 Å². The zero-order chi connectivity index (χ0) is 13.1. The van der Waals surface area contributed by atoms with Gasteiger partial charge in [-0.15, -0.1) is 0 Å². The fraction of sp³-hybridized carbons (Fsp3) is 0.273. The maximum absolute atomic E-state index is 13.7. The normalized spacial score (nSPS) is 16.2. The molecule has 0 radical (unpaired) electrons. The summed E-state index contributed by atoms with van der Waals surface area (Å²) in [4.78, 5) is 0. The lowest BCUT2D eigenvalue weighted by Crippen LogP contribution is -2.04. The van der Waals surface area contributed by atoms with Crippen molar-refractivity contribution in [3.05, 3.63) is 28.6 Å². The summed E-state index contributed by atoms with van der Waals surface area (Å²) in [6.45, 7) is 0.680. The van der Waals surface area contributed by atoms with E-state index in [1.165, 1.54) is 6.07 Å². The van der Waals surface area contributed by atoms with Gasteiger partial charge in [-0.25, -0.2) is 4.39 Å². The second-order valence-corrected chi connectivity index (χ2v) is 3.52. The number of phenolic OH excluding ortho intramolecular Hbond substituents is 1. The SMILES string of the molecule is N#Cc1c(O)c(C2OCCO2)cc(/C=N/O)c1F. The van der Waals surface area contributed by atoms with Crippen LogP contribution >= 0.6 is 0 Å². The van der Waals surface area contributed by atoms with Crippen molar-refractivity contribution < 1.29 is 24.2 Å². The molecule has 0 saturated carbocycles. The lowest BCUT2D eigenvalue weighted by molar-refractivity contribution is -0.0455. The molecule has 0 amide bonds. The Bertz CT molecular complexity index is 533. The van der Waals surface area contributed by atoms with Crippen molar-refractivity contribution in [2.75, 3.05) is 13.2 Å². The van der Waals surface area contributed by atoms with Crippen molar-refractivity contribution in [3.63, 3.8) is 0 Å². The highest BCUT2D eigenvalue weighted by atomic mass is 19.1. The van der Waals surface area contributed by atoms with Crippen LogP contribution in [0.3, 0.4) is 0 Å². The summed E-state index contributed by atoms with van der Waals surface area (Å²) in [7, 11) is 0. The first-order valence-corrected chi connectivity index (χ1v) is 5.05. The first-order valence-electron chi connectivity index (χ1n) is 5.05. The van der Waals surface area contributed by atoms with Gasteiger partial charge in [0, 0.05) is 5.56 Å². The second-order valence-electron chi connectivity index (χ2n) is 3.52. The molecule has 1 aliphatic heterocycles.